The maximum absolute atomic E-state index is 9.06. The van der Waals surface area contributed by atoms with Crippen molar-refractivity contribution in [2.75, 3.05) is 0 Å². The molecule has 0 aliphatic rings. The largest absolute Gasteiger partial charge is 0.225 e. The molecule has 10 heteroatoms. The number of nitriles is 1. The van der Waals surface area contributed by atoms with Gasteiger partial charge in [-0.25, -0.2) is 9.36 Å². The zero-order valence-electron chi connectivity index (χ0n) is 18.2. The van der Waals surface area contributed by atoms with Gasteiger partial charge < -0.3 is 0 Å². The summed E-state index contributed by atoms with van der Waals surface area (Å²) < 4.78 is 3.49. The molecule has 0 N–H and O–H groups in total. The smallest absolute Gasteiger partial charge is 0.186 e. The van der Waals surface area contributed by atoms with Crippen molar-refractivity contribution in [3.8, 4) is 23.1 Å². The molecule has 0 unspecified atom stereocenters. The van der Waals surface area contributed by atoms with E-state index in [9.17, 15) is 0 Å². The van der Waals surface area contributed by atoms with E-state index in [1.807, 2.05) is 30.3 Å². The monoisotopic (exact) mass is 517 g/mol. The molecule has 0 aliphatic heterocycles. The van der Waals surface area contributed by atoms with Crippen LogP contribution in [-0.2, 0) is 12.3 Å². The quantitative estimate of drug-likeness (QED) is 0.244. The lowest BCUT2D eigenvalue weighted by molar-refractivity contribution is 0.652. The molecular weight excluding hydrogens is 501 g/mol. The molecule has 0 saturated carbocycles. The molecule has 0 aliphatic carbocycles. The summed E-state index contributed by atoms with van der Waals surface area (Å²) in [5, 5.41) is 28.0. The first-order chi connectivity index (χ1) is 17.1. The highest BCUT2D eigenvalue weighted by Gasteiger charge is 2.21. The van der Waals surface area contributed by atoms with Gasteiger partial charge >= 0.3 is 0 Å². The number of nitrogens with zero attached hydrogens (tertiary/aromatic N) is 7. The normalized spacial score (nSPS) is 10.9. The summed E-state index contributed by atoms with van der Waals surface area (Å²) in [5.41, 5.74) is 4.20. The molecule has 0 saturated heterocycles. The average molecular weight is 518 g/mol. The van der Waals surface area contributed by atoms with Gasteiger partial charge in [-0.3, -0.25) is 0 Å². The highest BCUT2D eigenvalue weighted by molar-refractivity contribution is 7.98. The molecule has 5 rings (SSSR count). The number of thioether (sulfide) groups is 1. The zero-order valence-corrected chi connectivity index (χ0v) is 20.5. The third-order valence-corrected chi connectivity index (χ3v) is 6.97. The SMILES string of the molecule is N#Cc1ccc(Cn2nnnc2-c2cnn(-c3cc(Cl)ccc3Cl)c2SCc2ccccc2)cc1. The van der Waals surface area contributed by atoms with Crippen LogP contribution in [0.15, 0.2) is 84.0 Å². The lowest BCUT2D eigenvalue weighted by Gasteiger charge is -2.12. The second-order valence-electron chi connectivity index (χ2n) is 7.61. The van der Waals surface area contributed by atoms with Crippen LogP contribution in [0.1, 0.15) is 16.7 Å². The molecule has 0 amide bonds. The summed E-state index contributed by atoms with van der Waals surface area (Å²) in [6, 6.07) is 24.9. The van der Waals surface area contributed by atoms with Gasteiger partial charge in [-0.15, -0.1) is 16.9 Å². The number of tetrazole rings is 1. The van der Waals surface area contributed by atoms with E-state index in [1.165, 1.54) is 5.56 Å². The van der Waals surface area contributed by atoms with Crippen LogP contribution in [-0.4, -0.2) is 30.0 Å². The van der Waals surface area contributed by atoms with E-state index in [0.29, 0.717) is 33.7 Å². The van der Waals surface area contributed by atoms with Gasteiger partial charge in [-0.2, -0.15) is 10.4 Å². The van der Waals surface area contributed by atoms with Crippen LogP contribution in [0.2, 0.25) is 10.0 Å². The number of hydrogen-bond acceptors (Lipinski definition) is 6. The number of hydrogen-bond donors (Lipinski definition) is 0. The van der Waals surface area contributed by atoms with Crippen molar-refractivity contribution in [3.05, 3.63) is 106 Å². The minimum Gasteiger partial charge on any atom is -0.225 e. The van der Waals surface area contributed by atoms with E-state index in [-0.39, 0.29) is 0 Å². The van der Waals surface area contributed by atoms with Gasteiger partial charge in [0.05, 0.1) is 40.6 Å². The second-order valence-corrected chi connectivity index (χ2v) is 9.42. The van der Waals surface area contributed by atoms with Crippen molar-refractivity contribution < 1.29 is 0 Å². The first-order valence-electron chi connectivity index (χ1n) is 10.6. The molecule has 5 aromatic rings. The average Bonchev–Trinajstić information content (AvgIpc) is 3.51. The van der Waals surface area contributed by atoms with Crippen molar-refractivity contribution in [2.45, 2.75) is 17.3 Å². The van der Waals surface area contributed by atoms with Crippen LogP contribution in [0.25, 0.3) is 17.1 Å². The molecule has 35 heavy (non-hydrogen) atoms. The van der Waals surface area contributed by atoms with Crippen molar-refractivity contribution in [1.29, 1.82) is 5.26 Å². The lowest BCUT2D eigenvalue weighted by Crippen LogP contribution is -2.05. The highest BCUT2D eigenvalue weighted by atomic mass is 35.5. The van der Waals surface area contributed by atoms with Crippen LogP contribution in [0.4, 0.5) is 0 Å². The molecule has 0 fully saturated rings. The first kappa shape index (κ1) is 23.1. The zero-order chi connectivity index (χ0) is 24.2. The molecule has 0 radical (unpaired) electrons. The molecule has 0 bridgehead atoms. The van der Waals surface area contributed by atoms with Gasteiger partial charge in [0.25, 0.3) is 0 Å². The fraction of sp³-hybridized carbons (Fsp3) is 0.0800. The van der Waals surface area contributed by atoms with Crippen molar-refractivity contribution in [2.24, 2.45) is 0 Å². The lowest BCUT2D eigenvalue weighted by atomic mass is 10.1. The summed E-state index contributed by atoms with van der Waals surface area (Å²) in [5.74, 6) is 1.30. The highest BCUT2D eigenvalue weighted by Crippen LogP contribution is 2.36. The van der Waals surface area contributed by atoms with Gasteiger partial charge in [0.1, 0.15) is 5.03 Å². The van der Waals surface area contributed by atoms with Crippen molar-refractivity contribution >= 4 is 35.0 Å². The first-order valence-corrected chi connectivity index (χ1v) is 12.3. The molecule has 0 atom stereocenters. The molecular formula is C25H17Cl2N7S. The summed E-state index contributed by atoms with van der Waals surface area (Å²) in [6.45, 7) is 0.444. The van der Waals surface area contributed by atoms with E-state index < -0.39 is 0 Å². The maximum atomic E-state index is 9.06. The van der Waals surface area contributed by atoms with E-state index >= 15 is 0 Å². The van der Waals surface area contributed by atoms with Crippen LogP contribution < -0.4 is 0 Å². The van der Waals surface area contributed by atoms with Crippen molar-refractivity contribution in [3.63, 3.8) is 0 Å². The predicted molar refractivity (Wildman–Crippen MR) is 137 cm³/mol. The van der Waals surface area contributed by atoms with Gasteiger partial charge in [-0.1, -0.05) is 65.7 Å². The second kappa shape index (κ2) is 10.3. The van der Waals surface area contributed by atoms with Crippen LogP contribution in [0.3, 0.4) is 0 Å². The number of benzene rings is 3. The van der Waals surface area contributed by atoms with Gasteiger partial charge in [0.15, 0.2) is 5.82 Å². The number of rotatable bonds is 7. The predicted octanol–water partition coefficient (Wildman–Crippen LogP) is 6.04. The standard InChI is InChI=1S/C25H17Cl2N7S/c26-20-10-11-22(27)23(12-20)34-25(35-16-19-4-2-1-3-5-19)21(14-29-34)24-30-31-32-33(24)15-18-8-6-17(13-28)7-9-18/h1-12,14H,15-16H2. The molecule has 172 valence electrons. The fourth-order valence-electron chi connectivity index (χ4n) is 3.54. The summed E-state index contributed by atoms with van der Waals surface area (Å²) >= 11 is 14.4. The fourth-order valence-corrected chi connectivity index (χ4v) is 4.96. The number of halogens is 2. The van der Waals surface area contributed by atoms with Crippen LogP contribution in [0.5, 0.6) is 0 Å². The Labute approximate surface area is 215 Å². The number of aromatic nitrogens is 6. The molecule has 2 heterocycles. The third kappa shape index (κ3) is 5.08. The van der Waals surface area contributed by atoms with E-state index in [2.05, 4.69) is 38.8 Å². The Morgan fingerprint density at radius 1 is 0.943 bits per heavy atom. The summed E-state index contributed by atoms with van der Waals surface area (Å²) in [7, 11) is 0. The van der Waals surface area contributed by atoms with Gasteiger partial charge in [0, 0.05) is 10.8 Å². The molecule has 7 nitrogen and oxygen atoms in total. The molecule has 3 aromatic carbocycles. The maximum Gasteiger partial charge on any atom is 0.186 e. The van der Waals surface area contributed by atoms with Gasteiger partial charge in [-0.05, 0) is 51.9 Å². The topological polar surface area (TPSA) is 85.2 Å². The Balaban J connectivity index is 1.55. The van der Waals surface area contributed by atoms with Crippen molar-refractivity contribution in [1.82, 2.24) is 30.0 Å². The Kier molecular flexibility index (Phi) is 6.82. The molecule has 0 spiro atoms. The van der Waals surface area contributed by atoms with Gasteiger partial charge in [0.2, 0.25) is 0 Å². The minimum atomic E-state index is 0.444. The third-order valence-electron chi connectivity index (χ3n) is 5.27. The van der Waals surface area contributed by atoms with Crippen LogP contribution >= 0.6 is 35.0 Å². The van der Waals surface area contributed by atoms with Crippen LogP contribution in [0, 0.1) is 11.3 Å². The Hall–Kier alpha value is -3.64. The Bertz CT molecular complexity index is 1510. The van der Waals surface area contributed by atoms with E-state index in [0.717, 1.165) is 21.9 Å². The summed E-state index contributed by atoms with van der Waals surface area (Å²) in [4.78, 5) is 0. The Morgan fingerprint density at radius 3 is 2.51 bits per heavy atom. The van der Waals surface area contributed by atoms with E-state index in [4.69, 9.17) is 28.5 Å². The Morgan fingerprint density at radius 2 is 1.74 bits per heavy atom. The summed E-state index contributed by atoms with van der Waals surface area (Å²) in [6.07, 6.45) is 1.74. The van der Waals surface area contributed by atoms with E-state index in [1.54, 1.807) is 57.7 Å². The minimum absolute atomic E-state index is 0.444. The molecule has 2 aromatic heterocycles.